The first kappa shape index (κ1) is 10.4. The van der Waals surface area contributed by atoms with Crippen molar-refractivity contribution in [3.63, 3.8) is 0 Å². The molecule has 0 aromatic heterocycles. The molecule has 2 rings (SSSR count). The maximum atomic E-state index is 11.6. The van der Waals surface area contributed by atoms with Crippen LogP contribution in [0.1, 0.15) is 19.8 Å². The van der Waals surface area contributed by atoms with E-state index in [0.29, 0.717) is 12.5 Å². The second-order valence-corrected chi connectivity index (χ2v) is 4.33. The smallest absolute Gasteiger partial charge is 0.324 e. The molecule has 0 radical (unpaired) electrons. The van der Waals surface area contributed by atoms with Crippen molar-refractivity contribution < 1.29 is 9.59 Å². The lowest BCUT2D eigenvalue weighted by Crippen LogP contribution is -2.41. The van der Waals surface area contributed by atoms with Gasteiger partial charge in [-0.15, -0.1) is 0 Å². The SMILES string of the molecule is CC1NC(=O)N(CC2CCCNC2)C1=O. The Balaban J connectivity index is 1.93. The van der Waals surface area contributed by atoms with Gasteiger partial charge in [0.05, 0.1) is 0 Å². The van der Waals surface area contributed by atoms with Gasteiger partial charge in [-0.05, 0) is 38.8 Å². The highest BCUT2D eigenvalue weighted by atomic mass is 16.2. The Morgan fingerprint density at radius 2 is 2.27 bits per heavy atom. The van der Waals surface area contributed by atoms with Crippen LogP contribution in [0.3, 0.4) is 0 Å². The number of carbonyl (C=O) groups excluding carboxylic acids is 2. The molecule has 0 aromatic carbocycles. The number of amides is 3. The maximum absolute atomic E-state index is 11.6. The summed E-state index contributed by atoms with van der Waals surface area (Å²) in [5.74, 6) is 0.323. The average molecular weight is 211 g/mol. The van der Waals surface area contributed by atoms with E-state index >= 15 is 0 Å². The van der Waals surface area contributed by atoms with E-state index in [4.69, 9.17) is 0 Å². The van der Waals surface area contributed by atoms with Gasteiger partial charge in [0, 0.05) is 6.54 Å². The molecule has 5 heteroatoms. The topological polar surface area (TPSA) is 61.4 Å². The molecule has 2 atom stereocenters. The number of nitrogens with one attached hydrogen (secondary N) is 2. The maximum Gasteiger partial charge on any atom is 0.324 e. The number of carbonyl (C=O) groups is 2. The highest BCUT2D eigenvalue weighted by Gasteiger charge is 2.36. The summed E-state index contributed by atoms with van der Waals surface area (Å²) in [6.45, 7) is 4.24. The third kappa shape index (κ3) is 2.12. The minimum absolute atomic E-state index is 0.0921. The van der Waals surface area contributed by atoms with E-state index in [1.807, 2.05) is 0 Å². The number of piperidine rings is 1. The number of hydrogen-bond donors (Lipinski definition) is 2. The molecule has 84 valence electrons. The van der Waals surface area contributed by atoms with Gasteiger partial charge in [-0.25, -0.2) is 4.79 Å². The summed E-state index contributed by atoms with van der Waals surface area (Å²) in [5, 5.41) is 5.90. The van der Waals surface area contributed by atoms with Gasteiger partial charge in [-0.2, -0.15) is 0 Å². The third-order valence-electron chi connectivity index (χ3n) is 3.06. The Hall–Kier alpha value is -1.10. The van der Waals surface area contributed by atoms with Crippen LogP contribution < -0.4 is 10.6 Å². The Bertz CT molecular complexity index is 274. The lowest BCUT2D eigenvalue weighted by molar-refractivity contribution is -0.127. The normalized spacial score (nSPS) is 31.9. The highest BCUT2D eigenvalue weighted by Crippen LogP contribution is 2.15. The summed E-state index contributed by atoms with van der Waals surface area (Å²) in [4.78, 5) is 24.4. The third-order valence-corrected chi connectivity index (χ3v) is 3.06. The fraction of sp³-hybridized carbons (Fsp3) is 0.800. The van der Waals surface area contributed by atoms with Crippen LogP contribution in [0.5, 0.6) is 0 Å². The first-order valence-electron chi connectivity index (χ1n) is 5.51. The first-order chi connectivity index (χ1) is 7.18. The standard InChI is InChI=1S/C10H17N3O2/c1-7-9(14)13(10(15)12-7)6-8-3-2-4-11-5-8/h7-8,11H,2-6H2,1H3,(H,12,15). The largest absolute Gasteiger partial charge is 0.326 e. The van der Waals surface area contributed by atoms with Crippen molar-refractivity contribution in [3.05, 3.63) is 0 Å². The van der Waals surface area contributed by atoms with Crippen molar-refractivity contribution in [3.8, 4) is 0 Å². The summed E-state index contributed by atoms with van der Waals surface area (Å²) in [6.07, 6.45) is 2.22. The van der Waals surface area contributed by atoms with Crippen LogP contribution in [0.2, 0.25) is 0 Å². The van der Waals surface area contributed by atoms with Crippen LogP contribution in [0.15, 0.2) is 0 Å². The molecule has 5 nitrogen and oxygen atoms in total. The monoisotopic (exact) mass is 211 g/mol. The second-order valence-electron chi connectivity index (χ2n) is 4.33. The van der Waals surface area contributed by atoms with Crippen LogP contribution in [0, 0.1) is 5.92 Å². The predicted molar refractivity (Wildman–Crippen MR) is 55.3 cm³/mol. The molecule has 2 aliphatic heterocycles. The molecule has 2 fully saturated rings. The Labute approximate surface area is 89.2 Å². The summed E-state index contributed by atoms with van der Waals surface area (Å²) in [6, 6.07) is -0.591. The van der Waals surface area contributed by atoms with Gasteiger partial charge in [0.15, 0.2) is 0 Å². The molecule has 3 amide bonds. The zero-order valence-corrected chi connectivity index (χ0v) is 8.95. The van der Waals surface area contributed by atoms with E-state index in [1.165, 1.54) is 4.90 Å². The second kappa shape index (κ2) is 4.18. The molecule has 2 N–H and O–H groups in total. The van der Waals surface area contributed by atoms with E-state index in [-0.39, 0.29) is 18.0 Å². The zero-order valence-electron chi connectivity index (χ0n) is 8.95. The number of urea groups is 1. The van der Waals surface area contributed by atoms with Gasteiger partial charge in [0.1, 0.15) is 6.04 Å². The molecule has 2 aliphatic rings. The molecule has 0 spiro atoms. The molecule has 0 saturated carbocycles. The van der Waals surface area contributed by atoms with Crippen molar-refractivity contribution in [2.45, 2.75) is 25.8 Å². The van der Waals surface area contributed by atoms with Gasteiger partial charge >= 0.3 is 6.03 Å². The van der Waals surface area contributed by atoms with Crippen LogP contribution in [0.4, 0.5) is 4.79 Å². The minimum atomic E-state index is -0.353. The van der Waals surface area contributed by atoms with Crippen molar-refractivity contribution >= 4 is 11.9 Å². The van der Waals surface area contributed by atoms with Crippen LogP contribution in [-0.4, -0.2) is 42.5 Å². The van der Waals surface area contributed by atoms with Crippen molar-refractivity contribution in [1.29, 1.82) is 0 Å². The van der Waals surface area contributed by atoms with E-state index in [0.717, 1.165) is 25.9 Å². The quantitative estimate of drug-likeness (QED) is 0.628. The van der Waals surface area contributed by atoms with Crippen LogP contribution in [0.25, 0.3) is 0 Å². The lowest BCUT2D eigenvalue weighted by atomic mass is 9.99. The molecule has 2 heterocycles. The van der Waals surface area contributed by atoms with Gasteiger partial charge in [0.2, 0.25) is 0 Å². The Morgan fingerprint density at radius 1 is 1.47 bits per heavy atom. The molecular weight excluding hydrogens is 194 g/mol. The molecule has 15 heavy (non-hydrogen) atoms. The molecule has 0 bridgehead atoms. The van der Waals surface area contributed by atoms with E-state index in [1.54, 1.807) is 6.92 Å². The zero-order chi connectivity index (χ0) is 10.8. The number of imide groups is 1. The van der Waals surface area contributed by atoms with Crippen LogP contribution >= 0.6 is 0 Å². The number of hydrogen-bond acceptors (Lipinski definition) is 3. The van der Waals surface area contributed by atoms with Gasteiger partial charge < -0.3 is 10.6 Å². The van der Waals surface area contributed by atoms with Crippen molar-refractivity contribution in [2.75, 3.05) is 19.6 Å². The van der Waals surface area contributed by atoms with E-state index in [9.17, 15) is 9.59 Å². The van der Waals surface area contributed by atoms with E-state index < -0.39 is 0 Å². The molecule has 2 saturated heterocycles. The molecular formula is C10H17N3O2. The predicted octanol–water partition coefficient (Wildman–Crippen LogP) is -0.0737. The Morgan fingerprint density at radius 3 is 2.80 bits per heavy atom. The van der Waals surface area contributed by atoms with Crippen molar-refractivity contribution in [2.24, 2.45) is 5.92 Å². The fourth-order valence-corrected chi connectivity index (χ4v) is 2.17. The first-order valence-corrected chi connectivity index (χ1v) is 5.51. The van der Waals surface area contributed by atoms with Crippen molar-refractivity contribution in [1.82, 2.24) is 15.5 Å². The molecule has 2 unspecified atom stereocenters. The summed E-state index contributed by atoms with van der Waals surface area (Å²) in [5.41, 5.74) is 0. The van der Waals surface area contributed by atoms with Gasteiger partial charge in [0.25, 0.3) is 5.91 Å². The summed E-state index contributed by atoms with van der Waals surface area (Å²) in [7, 11) is 0. The Kier molecular flexibility index (Phi) is 2.90. The van der Waals surface area contributed by atoms with Gasteiger partial charge in [-0.3, -0.25) is 9.69 Å². The minimum Gasteiger partial charge on any atom is -0.326 e. The highest BCUT2D eigenvalue weighted by molar-refractivity contribution is 6.03. The van der Waals surface area contributed by atoms with Gasteiger partial charge in [-0.1, -0.05) is 0 Å². The molecule has 0 aromatic rings. The molecule has 0 aliphatic carbocycles. The fourth-order valence-electron chi connectivity index (χ4n) is 2.17. The lowest BCUT2D eigenvalue weighted by Gasteiger charge is -2.25. The summed E-state index contributed by atoms with van der Waals surface area (Å²) < 4.78 is 0. The number of rotatable bonds is 2. The number of nitrogens with zero attached hydrogens (tertiary/aromatic N) is 1. The summed E-state index contributed by atoms with van der Waals surface area (Å²) >= 11 is 0. The average Bonchev–Trinajstić information content (AvgIpc) is 2.47. The van der Waals surface area contributed by atoms with Crippen LogP contribution in [-0.2, 0) is 4.79 Å². The van der Waals surface area contributed by atoms with E-state index in [2.05, 4.69) is 10.6 Å².